The van der Waals surface area contributed by atoms with E-state index in [1.54, 1.807) is 0 Å². The highest BCUT2D eigenvalue weighted by atomic mass is 19.1. The Labute approximate surface area is 217 Å². The van der Waals surface area contributed by atoms with Gasteiger partial charge in [-0.2, -0.15) is 0 Å². The summed E-state index contributed by atoms with van der Waals surface area (Å²) in [7, 11) is 0.500. The Balaban J connectivity index is 0.00000137. The Hall–Kier alpha value is -3.99. The van der Waals surface area contributed by atoms with Crippen molar-refractivity contribution in [3.63, 3.8) is 0 Å². The maximum absolute atomic E-state index is 9.50. The molecule has 1 unspecified atom stereocenters. The minimum Gasteiger partial charge on any atom is -0.299 e. The molecule has 0 aliphatic heterocycles. The number of imidazole rings is 2. The van der Waals surface area contributed by atoms with Gasteiger partial charge in [-0.05, 0) is 55.9 Å². The molecule has 0 bridgehead atoms. The number of aromatic nitrogens is 4. The number of para-hydroxylation sites is 1. The lowest BCUT2D eigenvalue weighted by Gasteiger charge is -2.20. The summed E-state index contributed by atoms with van der Waals surface area (Å²) in [5, 5.41) is 3.68. The van der Waals surface area contributed by atoms with E-state index in [1.807, 2.05) is 12.4 Å². The van der Waals surface area contributed by atoms with Gasteiger partial charge in [0, 0.05) is 46.5 Å². The van der Waals surface area contributed by atoms with Crippen molar-refractivity contribution in [2.24, 2.45) is 0 Å². The highest BCUT2D eigenvalue weighted by Crippen LogP contribution is 2.41. The maximum Gasteiger partial charge on any atom is 0.145 e. The largest absolute Gasteiger partial charge is 0.299 e. The number of benzene rings is 3. The van der Waals surface area contributed by atoms with E-state index in [1.165, 1.54) is 44.1 Å². The highest BCUT2D eigenvalue weighted by Gasteiger charge is 2.22. The van der Waals surface area contributed by atoms with E-state index in [-0.39, 0.29) is 0 Å². The molecule has 3 aromatic carbocycles. The van der Waals surface area contributed by atoms with Gasteiger partial charge >= 0.3 is 0 Å². The first kappa shape index (κ1) is 24.7. The van der Waals surface area contributed by atoms with Gasteiger partial charge in [0.25, 0.3) is 0 Å². The fourth-order valence-corrected chi connectivity index (χ4v) is 5.77. The fourth-order valence-electron chi connectivity index (χ4n) is 5.77. The van der Waals surface area contributed by atoms with E-state index in [2.05, 4.69) is 105 Å². The molecule has 3 aromatic heterocycles. The minimum atomic E-state index is 0.426. The lowest BCUT2D eigenvalue weighted by molar-refractivity contribution is 0.636. The van der Waals surface area contributed by atoms with Crippen LogP contribution in [-0.4, -0.2) is 26.1 Å². The second-order valence-corrected chi connectivity index (χ2v) is 9.77. The van der Waals surface area contributed by atoms with Crippen molar-refractivity contribution in [2.75, 3.05) is 7.18 Å². The van der Waals surface area contributed by atoms with Gasteiger partial charge in [-0.15, -0.1) is 0 Å². The van der Waals surface area contributed by atoms with Crippen molar-refractivity contribution in [3.05, 3.63) is 95.6 Å². The third-order valence-corrected chi connectivity index (χ3v) is 7.44. The lowest BCUT2D eigenvalue weighted by atomic mass is 9.89. The van der Waals surface area contributed by atoms with Gasteiger partial charge in [0.2, 0.25) is 0 Å². The molecule has 0 aliphatic rings. The molecule has 4 nitrogen and oxygen atoms in total. The van der Waals surface area contributed by atoms with Gasteiger partial charge < -0.3 is 0 Å². The second-order valence-electron chi connectivity index (χ2n) is 9.77. The average Bonchev–Trinajstić information content (AvgIpc) is 3.59. The van der Waals surface area contributed by atoms with Crippen LogP contribution in [0.4, 0.5) is 4.39 Å². The van der Waals surface area contributed by atoms with E-state index in [0.717, 1.165) is 29.0 Å². The third-order valence-electron chi connectivity index (χ3n) is 7.44. The van der Waals surface area contributed by atoms with Crippen molar-refractivity contribution in [1.29, 1.82) is 0 Å². The molecule has 5 heteroatoms. The second kappa shape index (κ2) is 9.81. The molecule has 6 aromatic rings. The molecular weight excluding hydrogens is 459 g/mol. The maximum atomic E-state index is 9.50. The van der Waals surface area contributed by atoms with E-state index < -0.39 is 0 Å². The first-order chi connectivity index (χ1) is 18.0. The monoisotopic (exact) mass is 492 g/mol. The Kier molecular flexibility index (Phi) is 6.55. The highest BCUT2D eigenvalue weighted by molar-refractivity contribution is 6.18. The van der Waals surface area contributed by atoms with E-state index >= 15 is 0 Å². The van der Waals surface area contributed by atoms with Gasteiger partial charge in [-0.25, -0.2) is 9.97 Å². The molecule has 1 atom stereocenters. The van der Waals surface area contributed by atoms with Crippen LogP contribution in [0.3, 0.4) is 0 Å². The van der Waals surface area contributed by atoms with Crippen LogP contribution in [0.15, 0.2) is 73.3 Å². The summed E-state index contributed by atoms with van der Waals surface area (Å²) in [6, 6.07) is 17.7. The summed E-state index contributed by atoms with van der Waals surface area (Å²) in [5.74, 6) is 1.39. The number of pyridine rings is 1. The van der Waals surface area contributed by atoms with Crippen LogP contribution in [0.1, 0.15) is 48.4 Å². The molecule has 37 heavy (non-hydrogen) atoms. The predicted molar refractivity (Wildman–Crippen MR) is 153 cm³/mol. The van der Waals surface area contributed by atoms with Crippen LogP contribution in [0.2, 0.25) is 0 Å². The summed E-state index contributed by atoms with van der Waals surface area (Å²) in [6.07, 6.45) is 9.06. The van der Waals surface area contributed by atoms with Crippen LogP contribution in [-0.2, 0) is 0 Å². The van der Waals surface area contributed by atoms with Crippen LogP contribution in [0.25, 0.3) is 44.4 Å². The molecule has 188 valence electrons. The van der Waals surface area contributed by atoms with Gasteiger partial charge in [0.15, 0.2) is 0 Å². The average molecular weight is 493 g/mol. The van der Waals surface area contributed by atoms with Crippen molar-refractivity contribution < 1.29 is 4.39 Å². The zero-order chi connectivity index (χ0) is 26.3. The number of nitrogens with zero attached hydrogens (tertiary/aromatic N) is 4. The van der Waals surface area contributed by atoms with Crippen molar-refractivity contribution in [2.45, 2.75) is 47.0 Å². The first-order valence-electron chi connectivity index (χ1n) is 12.8. The molecular formula is C32H33FN4. The van der Waals surface area contributed by atoms with Gasteiger partial charge in [-0.3, -0.25) is 13.4 Å². The van der Waals surface area contributed by atoms with E-state index in [4.69, 9.17) is 9.97 Å². The molecule has 0 saturated carbocycles. The summed E-state index contributed by atoms with van der Waals surface area (Å²) >= 11 is 0. The summed E-state index contributed by atoms with van der Waals surface area (Å²) in [5.41, 5.74) is 9.64. The Bertz CT molecular complexity index is 1720. The number of hydrogen-bond donors (Lipinski definition) is 0. The van der Waals surface area contributed by atoms with Crippen LogP contribution in [0.5, 0.6) is 0 Å². The smallest absolute Gasteiger partial charge is 0.145 e. The molecule has 0 N–H and O–H groups in total. The normalized spacial score (nSPS) is 12.2. The molecule has 0 fully saturated rings. The Morgan fingerprint density at radius 2 is 1.57 bits per heavy atom. The predicted octanol–water partition coefficient (Wildman–Crippen LogP) is 8.52. The van der Waals surface area contributed by atoms with E-state index in [0.29, 0.717) is 13.1 Å². The summed E-state index contributed by atoms with van der Waals surface area (Å²) in [4.78, 5) is 9.77. The number of halogens is 1. The van der Waals surface area contributed by atoms with Gasteiger partial charge in [-0.1, -0.05) is 61.9 Å². The Morgan fingerprint density at radius 3 is 2.30 bits per heavy atom. The van der Waals surface area contributed by atoms with Crippen LogP contribution in [0, 0.1) is 20.8 Å². The number of fused-ring (bicyclic) bond motifs is 6. The first-order valence-corrected chi connectivity index (χ1v) is 12.8. The molecule has 0 spiro atoms. The van der Waals surface area contributed by atoms with Crippen molar-refractivity contribution in [3.8, 4) is 17.1 Å². The fraction of sp³-hybridized carbons (Fsp3) is 0.250. The number of aryl methyl sites for hydroxylation is 3. The number of alkyl halides is 1. The Morgan fingerprint density at radius 1 is 0.865 bits per heavy atom. The molecule has 0 saturated heterocycles. The SMILES string of the molecule is CCC(C)c1ccc(-c2nccn2-c2c(C)cc(C)cc2C)c2c3ccccc3n3ccnc3c12.CF. The van der Waals surface area contributed by atoms with Crippen molar-refractivity contribution in [1.82, 2.24) is 18.9 Å². The number of hydrogen-bond acceptors (Lipinski definition) is 2. The summed E-state index contributed by atoms with van der Waals surface area (Å²) in [6.45, 7) is 11.1. The summed E-state index contributed by atoms with van der Waals surface area (Å²) < 4.78 is 14.0. The molecule has 0 amide bonds. The van der Waals surface area contributed by atoms with Crippen LogP contribution >= 0.6 is 0 Å². The third kappa shape index (κ3) is 3.90. The van der Waals surface area contributed by atoms with E-state index in [9.17, 15) is 4.39 Å². The zero-order valence-corrected chi connectivity index (χ0v) is 22.4. The minimum absolute atomic E-state index is 0.426. The molecule has 6 rings (SSSR count). The van der Waals surface area contributed by atoms with Gasteiger partial charge in [0.1, 0.15) is 11.5 Å². The van der Waals surface area contributed by atoms with Crippen molar-refractivity contribution >= 4 is 27.3 Å². The zero-order valence-electron chi connectivity index (χ0n) is 22.4. The lowest BCUT2D eigenvalue weighted by Crippen LogP contribution is -2.04. The number of rotatable bonds is 4. The molecule has 0 aliphatic carbocycles. The van der Waals surface area contributed by atoms with Crippen LogP contribution < -0.4 is 0 Å². The van der Waals surface area contributed by atoms with Gasteiger partial charge in [0.05, 0.1) is 18.4 Å². The molecule has 3 heterocycles. The standard InChI is InChI=1S/C31H30N4.CH3F/c1-6-20(3)23-11-12-25(30-32-14-16-35(30)29-21(4)17-19(2)18-22(29)5)27-24-9-7-8-10-26(24)34-15-13-33-31(34)28(23)27;1-2/h7-18,20H,6H2,1-5H3;1H3. The quantitative estimate of drug-likeness (QED) is 0.231. The topological polar surface area (TPSA) is 35.1 Å². The molecule has 0 radical (unpaired) electrons.